The maximum absolute atomic E-state index is 12.2. The molecule has 0 aromatic heterocycles. The molecule has 2 unspecified atom stereocenters. The van der Waals surface area contributed by atoms with Gasteiger partial charge in [0.2, 0.25) is 0 Å². The van der Waals surface area contributed by atoms with E-state index >= 15 is 0 Å². The highest BCUT2D eigenvalue weighted by Gasteiger charge is 2.26. The number of nitrogens with zero attached hydrogens (tertiary/aromatic N) is 2. The molecule has 0 spiro atoms. The van der Waals surface area contributed by atoms with Crippen LogP contribution in [0.3, 0.4) is 0 Å². The van der Waals surface area contributed by atoms with Crippen molar-refractivity contribution in [2.45, 2.75) is 33.0 Å². The van der Waals surface area contributed by atoms with Gasteiger partial charge in [-0.3, -0.25) is 14.9 Å². The van der Waals surface area contributed by atoms with Crippen molar-refractivity contribution in [2.24, 2.45) is 0 Å². The van der Waals surface area contributed by atoms with Crippen LogP contribution in [0.5, 0.6) is 5.75 Å². The number of ether oxygens (including phenoxy) is 2. The van der Waals surface area contributed by atoms with Crippen molar-refractivity contribution >= 4 is 11.6 Å². The third kappa shape index (κ3) is 3.94. The number of benzene rings is 1. The molecule has 1 aliphatic heterocycles. The number of carbonyl (C=O) groups excluding carboxylic acids is 1. The van der Waals surface area contributed by atoms with Crippen LogP contribution in [0.25, 0.3) is 0 Å². The largest absolute Gasteiger partial charge is 0.477 e. The number of hydrogen-bond donors (Lipinski definition) is 0. The SMILES string of the molecule is Cc1ccc(OCC(=O)N2CC(C)OC(C)C2)c([N+](=O)[O-])c1. The molecule has 1 aromatic carbocycles. The molecule has 1 heterocycles. The highest BCUT2D eigenvalue weighted by molar-refractivity contribution is 5.78. The second-order valence-electron chi connectivity index (χ2n) is 5.57. The first-order valence-corrected chi connectivity index (χ1v) is 7.18. The van der Waals surface area contributed by atoms with Crippen LogP contribution in [0.4, 0.5) is 5.69 Å². The number of carbonyl (C=O) groups is 1. The zero-order chi connectivity index (χ0) is 16.3. The fraction of sp³-hybridized carbons (Fsp3) is 0.533. The van der Waals surface area contributed by atoms with Crippen LogP contribution in [0, 0.1) is 17.0 Å². The normalized spacial score (nSPS) is 21.5. The lowest BCUT2D eigenvalue weighted by Gasteiger charge is -2.35. The van der Waals surface area contributed by atoms with E-state index in [4.69, 9.17) is 9.47 Å². The fourth-order valence-corrected chi connectivity index (χ4v) is 2.50. The topological polar surface area (TPSA) is 81.9 Å². The number of aryl methyl sites for hydroxylation is 1. The first-order chi connectivity index (χ1) is 10.4. The van der Waals surface area contributed by atoms with E-state index in [9.17, 15) is 14.9 Å². The van der Waals surface area contributed by atoms with Gasteiger partial charge < -0.3 is 14.4 Å². The lowest BCUT2D eigenvalue weighted by Crippen LogP contribution is -2.49. The average molecular weight is 308 g/mol. The van der Waals surface area contributed by atoms with Crippen molar-refractivity contribution in [2.75, 3.05) is 19.7 Å². The highest BCUT2D eigenvalue weighted by Crippen LogP contribution is 2.27. The average Bonchev–Trinajstić information content (AvgIpc) is 2.44. The van der Waals surface area contributed by atoms with Gasteiger partial charge in [-0.15, -0.1) is 0 Å². The quantitative estimate of drug-likeness (QED) is 0.627. The molecule has 7 nitrogen and oxygen atoms in total. The van der Waals surface area contributed by atoms with Crippen LogP contribution in [0.1, 0.15) is 19.4 Å². The predicted molar refractivity (Wildman–Crippen MR) is 79.9 cm³/mol. The number of hydrogen-bond acceptors (Lipinski definition) is 5. The molecular weight excluding hydrogens is 288 g/mol. The molecule has 1 amide bonds. The van der Waals surface area contributed by atoms with Crippen LogP contribution >= 0.6 is 0 Å². The molecule has 0 N–H and O–H groups in total. The smallest absolute Gasteiger partial charge is 0.311 e. The number of nitro benzene ring substituents is 1. The third-order valence-electron chi connectivity index (χ3n) is 3.43. The third-order valence-corrected chi connectivity index (χ3v) is 3.43. The lowest BCUT2D eigenvalue weighted by atomic mass is 10.2. The lowest BCUT2D eigenvalue weighted by molar-refractivity contribution is -0.385. The summed E-state index contributed by atoms with van der Waals surface area (Å²) in [5.41, 5.74) is 0.637. The van der Waals surface area contributed by atoms with Crippen LogP contribution in [0.2, 0.25) is 0 Å². The molecule has 0 aliphatic carbocycles. The molecule has 7 heteroatoms. The van der Waals surface area contributed by atoms with Gasteiger partial charge in [-0.2, -0.15) is 0 Å². The summed E-state index contributed by atoms with van der Waals surface area (Å²) in [7, 11) is 0. The Balaban J connectivity index is 2.01. The van der Waals surface area contributed by atoms with Gasteiger partial charge in [-0.25, -0.2) is 0 Å². The number of morpholine rings is 1. The molecule has 0 radical (unpaired) electrons. The maximum Gasteiger partial charge on any atom is 0.311 e. The maximum atomic E-state index is 12.2. The van der Waals surface area contributed by atoms with Crippen molar-refractivity contribution in [1.29, 1.82) is 0 Å². The van der Waals surface area contributed by atoms with Crippen LogP contribution in [-0.2, 0) is 9.53 Å². The predicted octanol–water partition coefficient (Wildman–Crippen LogP) is 1.92. The minimum absolute atomic E-state index is 0.0265. The van der Waals surface area contributed by atoms with E-state index in [1.165, 1.54) is 12.1 Å². The zero-order valence-electron chi connectivity index (χ0n) is 12.9. The van der Waals surface area contributed by atoms with E-state index < -0.39 is 4.92 Å². The van der Waals surface area contributed by atoms with E-state index in [1.807, 2.05) is 13.8 Å². The van der Waals surface area contributed by atoms with Crippen molar-refractivity contribution in [3.8, 4) is 5.75 Å². The van der Waals surface area contributed by atoms with Gasteiger partial charge in [0.25, 0.3) is 5.91 Å². The Labute approximate surface area is 129 Å². The van der Waals surface area contributed by atoms with Crippen LogP contribution < -0.4 is 4.74 Å². The minimum atomic E-state index is -0.508. The Morgan fingerprint density at radius 1 is 1.41 bits per heavy atom. The Bertz CT molecular complexity index is 565. The summed E-state index contributed by atoms with van der Waals surface area (Å²) >= 11 is 0. The molecular formula is C15H20N2O5. The molecule has 2 rings (SSSR count). The molecule has 22 heavy (non-hydrogen) atoms. The van der Waals surface area contributed by atoms with E-state index in [0.29, 0.717) is 13.1 Å². The van der Waals surface area contributed by atoms with Gasteiger partial charge in [0.1, 0.15) is 0 Å². The van der Waals surface area contributed by atoms with Crippen molar-refractivity contribution in [3.05, 3.63) is 33.9 Å². The minimum Gasteiger partial charge on any atom is -0.477 e. The number of rotatable bonds is 4. The fourth-order valence-electron chi connectivity index (χ4n) is 2.50. The summed E-state index contributed by atoms with van der Waals surface area (Å²) in [4.78, 5) is 24.4. The van der Waals surface area contributed by atoms with Crippen molar-refractivity contribution < 1.29 is 19.2 Å². The van der Waals surface area contributed by atoms with Crippen molar-refractivity contribution in [3.63, 3.8) is 0 Å². The first-order valence-electron chi connectivity index (χ1n) is 7.18. The number of nitro groups is 1. The Kier molecular flexibility index (Phi) is 4.97. The van der Waals surface area contributed by atoms with Gasteiger partial charge in [-0.1, -0.05) is 6.07 Å². The van der Waals surface area contributed by atoms with E-state index in [1.54, 1.807) is 17.9 Å². The summed E-state index contributed by atoms with van der Waals surface area (Å²) in [6.45, 7) is 6.36. The Morgan fingerprint density at radius 3 is 2.64 bits per heavy atom. The summed E-state index contributed by atoms with van der Waals surface area (Å²) in [6.07, 6.45) is -0.0529. The molecule has 120 valence electrons. The number of amides is 1. The second-order valence-corrected chi connectivity index (χ2v) is 5.57. The molecule has 1 aliphatic rings. The van der Waals surface area contributed by atoms with Crippen LogP contribution in [0.15, 0.2) is 18.2 Å². The summed E-state index contributed by atoms with van der Waals surface area (Å²) < 4.78 is 10.9. The molecule has 1 fully saturated rings. The van der Waals surface area contributed by atoms with E-state index in [0.717, 1.165) is 5.56 Å². The second kappa shape index (κ2) is 6.74. The van der Waals surface area contributed by atoms with Gasteiger partial charge in [0.05, 0.1) is 17.1 Å². The Morgan fingerprint density at radius 2 is 2.05 bits per heavy atom. The first kappa shape index (κ1) is 16.2. The van der Waals surface area contributed by atoms with Gasteiger partial charge in [0, 0.05) is 19.2 Å². The van der Waals surface area contributed by atoms with Gasteiger partial charge in [-0.05, 0) is 32.4 Å². The molecule has 1 saturated heterocycles. The van der Waals surface area contributed by atoms with Crippen molar-refractivity contribution in [1.82, 2.24) is 4.90 Å². The summed E-state index contributed by atoms with van der Waals surface area (Å²) in [5.74, 6) is -0.0878. The highest BCUT2D eigenvalue weighted by atomic mass is 16.6. The molecule has 2 atom stereocenters. The van der Waals surface area contributed by atoms with E-state index in [2.05, 4.69) is 0 Å². The van der Waals surface area contributed by atoms with E-state index in [-0.39, 0.29) is 36.2 Å². The van der Waals surface area contributed by atoms with Gasteiger partial charge >= 0.3 is 5.69 Å². The van der Waals surface area contributed by atoms with Crippen LogP contribution in [-0.4, -0.2) is 47.6 Å². The monoisotopic (exact) mass is 308 g/mol. The summed E-state index contributed by atoms with van der Waals surface area (Å²) in [6, 6.07) is 4.66. The molecule has 1 aromatic rings. The molecule has 0 bridgehead atoms. The molecule has 0 saturated carbocycles. The zero-order valence-corrected chi connectivity index (χ0v) is 12.9. The Hall–Kier alpha value is -2.15. The summed E-state index contributed by atoms with van der Waals surface area (Å²) in [5, 5.41) is 11.0. The van der Waals surface area contributed by atoms with Gasteiger partial charge in [0.15, 0.2) is 12.4 Å². The standard InChI is InChI=1S/C15H20N2O5/c1-10-4-5-14(13(6-10)17(19)20)21-9-15(18)16-7-11(2)22-12(3)8-16/h4-6,11-12H,7-9H2,1-3H3.